The molecule has 0 unspecified atom stereocenters. The van der Waals surface area contributed by atoms with Crippen molar-refractivity contribution in [3.63, 3.8) is 0 Å². The summed E-state index contributed by atoms with van der Waals surface area (Å²) in [7, 11) is 4.70. The zero-order valence-corrected chi connectivity index (χ0v) is 33.0. The van der Waals surface area contributed by atoms with Crippen LogP contribution in [0.3, 0.4) is 0 Å². The van der Waals surface area contributed by atoms with Crippen molar-refractivity contribution < 1.29 is 19.0 Å². The van der Waals surface area contributed by atoms with Crippen LogP contribution in [0.5, 0.6) is 0 Å². The molecule has 0 bridgehead atoms. The molecule has 3 aromatic heterocycles. The lowest BCUT2D eigenvalue weighted by molar-refractivity contribution is 0.102. The maximum absolute atomic E-state index is 14.0. The molecule has 1 aliphatic rings. The largest absolute Gasteiger partial charge is 0.400 e. The third-order valence-electron chi connectivity index (χ3n) is 8.42. The predicted octanol–water partition coefficient (Wildman–Crippen LogP) is 8.39. The Hall–Kier alpha value is -5.01. The molecular formula is C41H52ClFN8O3. The molecule has 54 heavy (non-hydrogen) atoms. The zero-order valence-electron chi connectivity index (χ0n) is 32.3. The number of methoxy groups -OCH3 is 1. The Morgan fingerprint density at radius 1 is 1.19 bits per heavy atom. The predicted molar refractivity (Wildman–Crippen MR) is 219 cm³/mol. The minimum Gasteiger partial charge on any atom is -0.400 e. The van der Waals surface area contributed by atoms with Gasteiger partial charge in [-0.15, -0.1) is 0 Å². The maximum Gasteiger partial charge on any atom is 0.256 e. The van der Waals surface area contributed by atoms with Gasteiger partial charge < -0.3 is 19.7 Å². The number of nitrogens with one attached hydrogen (secondary N) is 2. The number of aryl methyl sites for hydroxylation is 2. The molecule has 0 spiro atoms. The first-order valence-electron chi connectivity index (χ1n) is 17.9. The molecule has 0 saturated heterocycles. The molecule has 5 aromatic rings. The van der Waals surface area contributed by atoms with Crippen LogP contribution >= 0.6 is 11.6 Å². The summed E-state index contributed by atoms with van der Waals surface area (Å²) >= 11 is 5.84. The van der Waals surface area contributed by atoms with E-state index in [2.05, 4.69) is 54.7 Å². The highest BCUT2D eigenvalue weighted by Crippen LogP contribution is 2.24. The summed E-state index contributed by atoms with van der Waals surface area (Å²) in [6.45, 7) is 14.9. The van der Waals surface area contributed by atoms with Gasteiger partial charge in [0.25, 0.3) is 5.91 Å². The molecule has 0 saturated carbocycles. The quantitative estimate of drug-likeness (QED) is 0.0910. The fraction of sp³-hybridized carbons (Fsp3) is 0.341. The third kappa shape index (κ3) is 11.7. The summed E-state index contributed by atoms with van der Waals surface area (Å²) in [5.74, 6) is 0.812. The van der Waals surface area contributed by atoms with Crippen molar-refractivity contribution in [1.29, 1.82) is 0 Å². The first-order valence-corrected chi connectivity index (χ1v) is 18.3. The summed E-state index contributed by atoms with van der Waals surface area (Å²) in [5.41, 5.74) is 6.40. The molecule has 288 valence electrons. The molecule has 1 amide bonds. The van der Waals surface area contributed by atoms with Crippen molar-refractivity contribution in [3.05, 3.63) is 118 Å². The van der Waals surface area contributed by atoms with Crippen LogP contribution in [0.2, 0.25) is 5.02 Å². The lowest BCUT2D eigenvalue weighted by Gasteiger charge is -2.26. The number of ether oxygens (including phenoxy) is 1. The Morgan fingerprint density at radius 3 is 2.61 bits per heavy atom. The highest BCUT2D eigenvalue weighted by atomic mass is 35.5. The second-order valence-electron chi connectivity index (χ2n) is 12.0. The Labute approximate surface area is 322 Å². The molecule has 13 heteroatoms. The van der Waals surface area contributed by atoms with E-state index in [9.17, 15) is 9.18 Å². The number of aromatic amines is 1. The third-order valence-corrected chi connectivity index (χ3v) is 8.65. The Balaban J connectivity index is 0.000000795. The van der Waals surface area contributed by atoms with E-state index in [-0.39, 0.29) is 11.7 Å². The Morgan fingerprint density at radius 2 is 1.96 bits per heavy atom. The first-order chi connectivity index (χ1) is 26.2. The van der Waals surface area contributed by atoms with Gasteiger partial charge in [0.2, 0.25) is 0 Å². The number of aliphatic hydroxyl groups is 1. The number of fused-ring (bicyclic) bond motifs is 2. The van der Waals surface area contributed by atoms with Crippen LogP contribution in [0.1, 0.15) is 61.1 Å². The fourth-order valence-electron chi connectivity index (χ4n) is 5.63. The van der Waals surface area contributed by atoms with Crippen molar-refractivity contribution in [3.8, 4) is 0 Å². The molecule has 0 aliphatic carbocycles. The summed E-state index contributed by atoms with van der Waals surface area (Å²) in [6.07, 6.45) is 11.9. The van der Waals surface area contributed by atoms with Crippen molar-refractivity contribution in [1.82, 2.24) is 29.6 Å². The normalized spacial score (nSPS) is 13.0. The van der Waals surface area contributed by atoms with Gasteiger partial charge >= 0.3 is 0 Å². The van der Waals surface area contributed by atoms with E-state index < -0.39 is 0 Å². The molecule has 2 aromatic carbocycles. The van der Waals surface area contributed by atoms with E-state index in [4.69, 9.17) is 26.4 Å². The number of nitrogens with zero attached hydrogens (tertiary/aromatic N) is 6. The number of allylic oxidation sites excluding steroid dienone is 4. The van der Waals surface area contributed by atoms with Crippen molar-refractivity contribution in [2.45, 2.75) is 53.5 Å². The van der Waals surface area contributed by atoms with Gasteiger partial charge in [-0.1, -0.05) is 56.7 Å². The number of amides is 1. The number of rotatable bonds is 11. The van der Waals surface area contributed by atoms with Gasteiger partial charge in [0.05, 0.1) is 29.5 Å². The molecule has 0 fully saturated rings. The maximum atomic E-state index is 14.0. The highest BCUT2D eigenvalue weighted by Gasteiger charge is 2.18. The number of aliphatic imine (C=N–C) groups is 1. The molecule has 6 rings (SSSR count). The van der Waals surface area contributed by atoms with Gasteiger partial charge in [0.1, 0.15) is 23.0 Å². The van der Waals surface area contributed by atoms with Crippen LogP contribution in [-0.2, 0) is 24.8 Å². The highest BCUT2D eigenvalue weighted by molar-refractivity contribution is 6.30. The van der Waals surface area contributed by atoms with E-state index >= 15 is 0 Å². The number of hydrogen-bond acceptors (Lipinski definition) is 8. The number of anilines is 1. The zero-order chi connectivity index (χ0) is 39.6. The van der Waals surface area contributed by atoms with E-state index in [0.29, 0.717) is 34.9 Å². The number of pyridine rings is 1. The van der Waals surface area contributed by atoms with Crippen LogP contribution < -0.4 is 5.32 Å². The summed E-state index contributed by atoms with van der Waals surface area (Å²) in [5, 5.41) is 18.3. The Bertz CT molecular complexity index is 2080. The number of aliphatic hydroxyl groups excluding tert-OH is 1. The number of H-pyrrole nitrogens is 1. The fourth-order valence-corrected chi connectivity index (χ4v) is 5.78. The number of aromatic nitrogens is 5. The van der Waals surface area contributed by atoms with Crippen molar-refractivity contribution in [2.75, 3.05) is 39.2 Å². The number of carbonyl (C=O) groups is 1. The molecule has 4 heterocycles. The molecule has 0 radical (unpaired) electrons. The minimum absolute atomic E-state index is 0.252. The molecule has 11 nitrogen and oxygen atoms in total. The van der Waals surface area contributed by atoms with Crippen LogP contribution in [-0.4, -0.2) is 81.3 Å². The summed E-state index contributed by atoms with van der Waals surface area (Å²) in [4.78, 5) is 28.8. The number of benzene rings is 2. The summed E-state index contributed by atoms with van der Waals surface area (Å²) in [6, 6.07) is 12.1. The second-order valence-corrected chi connectivity index (χ2v) is 12.4. The van der Waals surface area contributed by atoms with Crippen LogP contribution in [0.4, 0.5) is 10.2 Å². The molecular weight excluding hydrogens is 707 g/mol. The Kier molecular flexibility index (Phi) is 17.9. The lowest BCUT2D eigenvalue weighted by atomic mass is 10.0. The summed E-state index contributed by atoms with van der Waals surface area (Å²) < 4.78 is 20.8. The van der Waals surface area contributed by atoms with Gasteiger partial charge in [-0.05, 0) is 86.5 Å². The van der Waals surface area contributed by atoms with E-state index in [0.717, 1.165) is 84.4 Å². The van der Waals surface area contributed by atoms with Gasteiger partial charge in [0.15, 0.2) is 0 Å². The van der Waals surface area contributed by atoms with Gasteiger partial charge in [-0.2, -0.15) is 5.10 Å². The second kappa shape index (κ2) is 22.3. The number of imidazole rings is 1. The average molecular weight is 759 g/mol. The average Bonchev–Trinajstić information content (AvgIpc) is 3.72. The standard InChI is InChI=1S/C34H32ClFN8O.C4H10O.C2H6.CH4O/c1-21-26-18-32(38-19-30(26)42-41-21)40-34(45)24-9-11-31-29(16-24)39-33(43(31)3)20-44-14-12-23(13-15-44)28(37-2)7-5-4-6-22-8-10-25(35)17-27(22)36;1-3-4-5-2;2*1-2/h4-5,7-12,16-19H,2,6,13-15,20H2,1,3H3,(H,41,42)(H,38,40,45);3-4H2,1-2H3;1-2H3;2H,1H3/b5-4-,28-7-;;;. The SMILES string of the molecule is C=N/C(=C\C=C/Cc1ccc(Cl)cc1F)C1=CCN(Cc2nc3cc(C(=O)Nc4cc5c(C)[nH]nc5cn4)ccc3n2C)CC1.CC.CCCOC.CO. The molecule has 0 atom stereocenters. The van der Waals surface area contributed by atoms with E-state index in [1.807, 2.05) is 64.2 Å². The monoisotopic (exact) mass is 758 g/mol. The van der Waals surface area contributed by atoms with Gasteiger partial charge in [-0.3, -0.25) is 19.8 Å². The van der Waals surface area contributed by atoms with E-state index in [1.165, 1.54) is 6.07 Å². The van der Waals surface area contributed by atoms with Crippen LogP contribution in [0, 0.1) is 12.7 Å². The van der Waals surface area contributed by atoms with Crippen LogP contribution in [0.15, 0.2) is 89.2 Å². The molecule has 1 aliphatic heterocycles. The molecule has 3 N–H and O–H groups in total. The van der Waals surface area contributed by atoms with Gasteiger partial charge in [0, 0.05) is 62.6 Å². The number of halogens is 2. The topological polar surface area (TPSA) is 134 Å². The smallest absolute Gasteiger partial charge is 0.256 e. The first kappa shape index (κ1) is 43.4. The number of hydrogen-bond donors (Lipinski definition) is 3. The van der Waals surface area contributed by atoms with E-state index in [1.54, 1.807) is 31.5 Å². The van der Waals surface area contributed by atoms with Crippen molar-refractivity contribution >= 4 is 52.0 Å². The number of carbonyl (C=O) groups excluding carboxylic acids is 1. The minimum atomic E-state index is -0.313. The van der Waals surface area contributed by atoms with Crippen LogP contribution in [0.25, 0.3) is 21.9 Å². The van der Waals surface area contributed by atoms with Gasteiger partial charge in [-0.25, -0.2) is 14.4 Å². The lowest BCUT2D eigenvalue weighted by Crippen LogP contribution is -2.29. The van der Waals surface area contributed by atoms with Crippen molar-refractivity contribution in [2.24, 2.45) is 12.0 Å².